The molecule has 0 aliphatic heterocycles. The van der Waals surface area contributed by atoms with Crippen LogP contribution in [-0.4, -0.2) is 0 Å². The Bertz CT molecular complexity index is 180. The van der Waals surface area contributed by atoms with Crippen molar-refractivity contribution in [2.75, 3.05) is 0 Å². The summed E-state index contributed by atoms with van der Waals surface area (Å²) in [6.45, 7) is 4.93. The second-order valence-corrected chi connectivity index (χ2v) is 6.41. The van der Waals surface area contributed by atoms with Gasteiger partial charge in [-0.3, -0.25) is 0 Å². The summed E-state index contributed by atoms with van der Waals surface area (Å²) < 4.78 is 0. The summed E-state index contributed by atoms with van der Waals surface area (Å²) in [5.74, 6) is 4.28. The maximum absolute atomic E-state index is 2.47. The molecule has 88 valence electrons. The predicted octanol–water partition coefficient (Wildman–Crippen LogP) is 5.03. The fourth-order valence-corrected chi connectivity index (χ4v) is 3.35. The molecule has 0 heterocycles. The molecule has 0 aromatic carbocycles. The Balaban J connectivity index is 1.76. The van der Waals surface area contributed by atoms with Crippen molar-refractivity contribution in [2.24, 2.45) is 23.7 Å². The molecule has 2 rings (SSSR count). The van der Waals surface area contributed by atoms with E-state index in [1.165, 1.54) is 38.5 Å². The van der Waals surface area contributed by atoms with E-state index in [0.29, 0.717) is 0 Å². The van der Waals surface area contributed by atoms with Gasteiger partial charge in [0.1, 0.15) is 0 Å². The van der Waals surface area contributed by atoms with Gasteiger partial charge in [-0.1, -0.05) is 58.8 Å². The molecule has 2 aliphatic carbocycles. The minimum absolute atomic E-state index is 0.994. The van der Waals surface area contributed by atoms with E-state index >= 15 is 0 Å². The van der Waals surface area contributed by atoms with Crippen LogP contribution in [0.3, 0.4) is 0 Å². The van der Waals surface area contributed by atoms with Gasteiger partial charge in [0.05, 0.1) is 0 Å². The minimum Gasteiger partial charge on any atom is -0.0625 e. The lowest BCUT2D eigenvalue weighted by molar-refractivity contribution is 0.373. The molecule has 2 saturated carbocycles. The minimum atomic E-state index is 0.994. The summed E-state index contributed by atoms with van der Waals surface area (Å²) in [5, 5.41) is 0. The smallest absolute Gasteiger partial charge is 0.0383 e. The van der Waals surface area contributed by atoms with Crippen LogP contribution in [0.5, 0.6) is 0 Å². The zero-order valence-corrected chi connectivity index (χ0v) is 10.7. The summed E-state index contributed by atoms with van der Waals surface area (Å²) in [6, 6.07) is 0. The molecular formula is C15H28. The van der Waals surface area contributed by atoms with Crippen LogP contribution in [0.1, 0.15) is 71.6 Å². The first kappa shape index (κ1) is 11.5. The largest absolute Gasteiger partial charge is 0.0625 e. The number of hydrogen-bond acceptors (Lipinski definition) is 0. The Morgan fingerprint density at radius 3 is 1.87 bits per heavy atom. The van der Waals surface area contributed by atoms with Gasteiger partial charge in [0.15, 0.2) is 0 Å². The molecule has 0 saturated heterocycles. The molecule has 0 aromatic heterocycles. The Morgan fingerprint density at radius 1 is 0.600 bits per heavy atom. The lowest BCUT2D eigenvalue weighted by Gasteiger charge is -2.15. The third kappa shape index (κ3) is 3.81. The van der Waals surface area contributed by atoms with Crippen molar-refractivity contribution >= 4 is 0 Å². The number of fused-ring (bicyclic) bond motifs is 1. The van der Waals surface area contributed by atoms with E-state index in [4.69, 9.17) is 0 Å². The highest BCUT2D eigenvalue weighted by molar-refractivity contribution is 4.86. The second-order valence-electron chi connectivity index (χ2n) is 6.41. The number of hydrogen-bond donors (Lipinski definition) is 0. The van der Waals surface area contributed by atoms with E-state index in [1.54, 1.807) is 19.3 Å². The van der Waals surface area contributed by atoms with Crippen molar-refractivity contribution in [3.05, 3.63) is 0 Å². The number of rotatable bonds is 0. The van der Waals surface area contributed by atoms with Gasteiger partial charge >= 0.3 is 0 Å². The van der Waals surface area contributed by atoms with Crippen LogP contribution in [-0.2, 0) is 0 Å². The Labute approximate surface area is 95.8 Å². The van der Waals surface area contributed by atoms with Gasteiger partial charge in [0, 0.05) is 0 Å². The molecule has 4 unspecified atom stereocenters. The lowest BCUT2D eigenvalue weighted by Crippen LogP contribution is -2.01. The van der Waals surface area contributed by atoms with E-state index < -0.39 is 0 Å². The SMILES string of the molecule is CC1CCCC(C)CCC2CC2CCC1. The van der Waals surface area contributed by atoms with Gasteiger partial charge in [0.2, 0.25) is 0 Å². The molecule has 0 N–H and O–H groups in total. The van der Waals surface area contributed by atoms with Gasteiger partial charge < -0.3 is 0 Å². The van der Waals surface area contributed by atoms with Crippen LogP contribution >= 0.6 is 0 Å². The van der Waals surface area contributed by atoms with Gasteiger partial charge in [-0.25, -0.2) is 0 Å². The molecule has 0 bridgehead atoms. The average molecular weight is 208 g/mol. The first-order chi connectivity index (χ1) is 7.25. The third-order valence-corrected chi connectivity index (χ3v) is 4.76. The van der Waals surface area contributed by atoms with Crippen molar-refractivity contribution in [2.45, 2.75) is 71.6 Å². The van der Waals surface area contributed by atoms with Gasteiger partial charge in [-0.15, -0.1) is 0 Å². The summed E-state index contributed by atoms with van der Waals surface area (Å²) in [4.78, 5) is 0. The molecular weight excluding hydrogens is 180 g/mol. The van der Waals surface area contributed by atoms with Gasteiger partial charge in [-0.2, -0.15) is 0 Å². The van der Waals surface area contributed by atoms with E-state index in [2.05, 4.69) is 13.8 Å². The molecule has 15 heavy (non-hydrogen) atoms. The zero-order valence-electron chi connectivity index (χ0n) is 10.7. The second kappa shape index (κ2) is 5.37. The van der Waals surface area contributed by atoms with Crippen molar-refractivity contribution < 1.29 is 0 Å². The maximum Gasteiger partial charge on any atom is -0.0383 e. The third-order valence-electron chi connectivity index (χ3n) is 4.76. The molecule has 2 fully saturated rings. The topological polar surface area (TPSA) is 0 Å². The Morgan fingerprint density at radius 2 is 1.13 bits per heavy atom. The molecule has 0 radical (unpaired) electrons. The lowest BCUT2D eigenvalue weighted by atomic mass is 9.91. The van der Waals surface area contributed by atoms with Crippen LogP contribution in [0.15, 0.2) is 0 Å². The van der Waals surface area contributed by atoms with Crippen molar-refractivity contribution in [1.29, 1.82) is 0 Å². The van der Waals surface area contributed by atoms with E-state index in [0.717, 1.165) is 23.7 Å². The highest BCUT2D eigenvalue weighted by atomic mass is 14.4. The van der Waals surface area contributed by atoms with Crippen LogP contribution in [0.4, 0.5) is 0 Å². The first-order valence-electron chi connectivity index (χ1n) is 7.25. The van der Waals surface area contributed by atoms with Crippen LogP contribution in [0.2, 0.25) is 0 Å². The highest BCUT2D eigenvalue weighted by Crippen LogP contribution is 2.46. The quantitative estimate of drug-likeness (QED) is 0.524. The fraction of sp³-hybridized carbons (Fsp3) is 1.00. The van der Waals surface area contributed by atoms with Gasteiger partial charge in [-0.05, 0) is 36.5 Å². The van der Waals surface area contributed by atoms with E-state index in [-0.39, 0.29) is 0 Å². The zero-order chi connectivity index (χ0) is 10.7. The van der Waals surface area contributed by atoms with Crippen LogP contribution in [0, 0.1) is 23.7 Å². The predicted molar refractivity (Wildman–Crippen MR) is 66.9 cm³/mol. The van der Waals surface area contributed by atoms with Crippen molar-refractivity contribution in [3.63, 3.8) is 0 Å². The Hall–Kier alpha value is 0. The molecule has 0 aromatic rings. The van der Waals surface area contributed by atoms with Crippen molar-refractivity contribution in [3.8, 4) is 0 Å². The fourth-order valence-electron chi connectivity index (χ4n) is 3.35. The highest BCUT2D eigenvalue weighted by Gasteiger charge is 2.35. The monoisotopic (exact) mass is 208 g/mol. The molecule has 0 amide bonds. The summed E-state index contributed by atoms with van der Waals surface area (Å²) in [5.41, 5.74) is 0. The summed E-state index contributed by atoms with van der Waals surface area (Å²) >= 11 is 0. The summed E-state index contributed by atoms with van der Waals surface area (Å²) in [6.07, 6.45) is 13.6. The molecule has 2 aliphatic rings. The summed E-state index contributed by atoms with van der Waals surface area (Å²) in [7, 11) is 0. The first-order valence-corrected chi connectivity index (χ1v) is 7.25. The molecule has 0 heteroatoms. The average Bonchev–Trinajstić information content (AvgIpc) is 2.92. The molecule has 0 nitrogen and oxygen atoms in total. The van der Waals surface area contributed by atoms with E-state index in [1.807, 2.05) is 0 Å². The van der Waals surface area contributed by atoms with E-state index in [9.17, 15) is 0 Å². The standard InChI is InChI=1S/C15H28/c1-12-5-3-6-13(2)9-10-15-11-14(15)8-4-7-12/h12-15H,3-11H2,1-2H3. The molecule has 4 atom stereocenters. The van der Waals surface area contributed by atoms with Crippen molar-refractivity contribution in [1.82, 2.24) is 0 Å². The Kier molecular flexibility index (Phi) is 4.11. The normalized spacial score (nSPS) is 43.6. The molecule has 0 spiro atoms. The van der Waals surface area contributed by atoms with Gasteiger partial charge in [0.25, 0.3) is 0 Å². The van der Waals surface area contributed by atoms with Crippen LogP contribution in [0.25, 0.3) is 0 Å². The van der Waals surface area contributed by atoms with Crippen LogP contribution < -0.4 is 0 Å². The maximum atomic E-state index is 2.47.